The molecule has 0 atom stereocenters. The van der Waals surface area contributed by atoms with Crippen LogP contribution in [0.4, 0.5) is 14.5 Å². The molecule has 5 rings (SSSR count). The summed E-state index contributed by atoms with van der Waals surface area (Å²) in [5.74, 6) is -1.86. The lowest BCUT2D eigenvalue weighted by Gasteiger charge is -2.32. The summed E-state index contributed by atoms with van der Waals surface area (Å²) < 4.78 is 55.7. The average Bonchev–Trinajstić information content (AvgIpc) is 3.26. The molecule has 0 saturated carbocycles. The number of nitrogens with zero attached hydrogens (tertiary/aromatic N) is 4. The van der Waals surface area contributed by atoms with Gasteiger partial charge in [-0.15, -0.1) is 0 Å². The Labute approximate surface area is 212 Å². The van der Waals surface area contributed by atoms with Crippen LogP contribution in [-0.2, 0) is 16.6 Å². The molecule has 2 aromatic carbocycles. The summed E-state index contributed by atoms with van der Waals surface area (Å²) >= 11 is 1.42. The molecule has 7 nitrogen and oxygen atoms in total. The normalized spacial score (nSPS) is 15.4. The SMILES string of the molecule is Cc1c(NS(=O)(=O)c2cc(F)ccc2F)cccc1-c1nc2cc(CN3CCN(C)CC3)cnc2s1. The molecule has 0 bridgehead atoms. The van der Waals surface area contributed by atoms with Crippen molar-refractivity contribution in [2.45, 2.75) is 18.4 Å². The standard InChI is InChI=1S/C25H25F2N5O2S2/c1-16-19(4-3-5-21(16)30-36(33,34)23-13-18(26)6-7-20(23)27)24-29-22-12-17(14-28-25(22)35-24)15-32-10-8-31(2)9-11-32/h3-7,12-14,30H,8-11,15H2,1-2H3. The van der Waals surface area contributed by atoms with Gasteiger partial charge in [0.15, 0.2) is 0 Å². The molecule has 1 fully saturated rings. The van der Waals surface area contributed by atoms with Gasteiger partial charge in [-0.3, -0.25) is 9.62 Å². The van der Waals surface area contributed by atoms with Crippen LogP contribution >= 0.6 is 11.3 Å². The number of fused-ring (bicyclic) bond motifs is 1. The molecule has 1 N–H and O–H groups in total. The van der Waals surface area contributed by atoms with Crippen molar-refractivity contribution in [3.05, 3.63) is 71.4 Å². The lowest BCUT2D eigenvalue weighted by molar-refractivity contribution is 0.148. The van der Waals surface area contributed by atoms with Crippen LogP contribution in [0.1, 0.15) is 11.1 Å². The average molecular weight is 530 g/mol. The number of hydrogen-bond donors (Lipinski definition) is 1. The van der Waals surface area contributed by atoms with E-state index in [2.05, 4.69) is 32.6 Å². The van der Waals surface area contributed by atoms with Crippen LogP contribution in [0.25, 0.3) is 20.9 Å². The van der Waals surface area contributed by atoms with Crippen LogP contribution in [0.2, 0.25) is 0 Å². The topological polar surface area (TPSA) is 78.4 Å². The summed E-state index contributed by atoms with van der Waals surface area (Å²) in [4.78, 5) is 14.1. The van der Waals surface area contributed by atoms with Gasteiger partial charge in [0, 0.05) is 44.5 Å². The molecule has 0 radical (unpaired) electrons. The number of benzene rings is 2. The van der Waals surface area contributed by atoms with E-state index in [-0.39, 0.29) is 5.69 Å². The van der Waals surface area contributed by atoms with Crippen molar-refractivity contribution in [3.63, 3.8) is 0 Å². The zero-order valence-electron chi connectivity index (χ0n) is 19.8. The van der Waals surface area contributed by atoms with Gasteiger partial charge in [0.1, 0.15) is 31.9 Å². The molecule has 36 heavy (non-hydrogen) atoms. The van der Waals surface area contributed by atoms with Gasteiger partial charge >= 0.3 is 0 Å². The van der Waals surface area contributed by atoms with E-state index in [4.69, 9.17) is 4.98 Å². The summed E-state index contributed by atoms with van der Waals surface area (Å²) in [5.41, 5.74) is 3.50. The van der Waals surface area contributed by atoms with E-state index in [9.17, 15) is 17.2 Å². The van der Waals surface area contributed by atoms with Crippen molar-refractivity contribution in [3.8, 4) is 10.6 Å². The smallest absolute Gasteiger partial charge is 0.264 e. The fourth-order valence-corrected chi connectivity index (χ4v) is 6.38. The second kappa shape index (κ2) is 9.81. The number of pyridine rings is 1. The second-order valence-electron chi connectivity index (χ2n) is 8.92. The largest absolute Gasteiger partial charge is 0.304 e. The zero-order valence-corrected chi connectivity index (χ0v) is 21.5. The number of halogens is 2. The molecule has 0 amide bonds. The van der Waals surface area contributed by atoms with E-state index in [0.717, 1.165) is 66.3 Å². The molecule has 0 aliphatic carbocycles. The fourth-order valence-electron chi connectivity index (χ4n) is 4.19. The van der Waals surface area contributed by atoms with E-state index < -0.39 is 26.6 Å². The Kier molecular flexibility index (Phi) is 6.73. The molecule has 0 spiro atoms. The highest BCUT2D eigenvalue weighted by molar-refractivity contribution is 7.92. The molecule has 3 heterocycles. The van der Waals surface area contributed by atoms with E-state index in [1.54, 1.807) is 19.1 Å². The summed E-state index contributed by atoms with van der Waals surface area (Å²) in [6.07, 6.45) is 1.88. The molecule has 188 valence electrons. The molecule has 11 heteroatoms. The number of anilines is 1. The number of aromatic nitrogens is 2. The molecule has 4 aromatic rings. The van der Waals surface area contributed by atoms with Gasteiger partial charge in [0.25, 0.3) is 10.0 Å². The van der Waals surface area contributed by atoms with Gasteiger partial charge in [-0.2, -0.15) is 0 Å². The first-order chi connectivity index (χ1) is 17.2. The summed E-state index contributed by atoms with van der Waals surface area (Å²) in [6.45, 7) is 6.68. The van der Waals surface area contributed by atoms with Crippen LogP contribution in [0.5, 0.6) is 0 Å². The maximum Gasteiger partial charge on any atom is 0.264 e. The highest BCUT2D eigenvalue weighted by Crippen LogP contribution is 2.35. The molecule has 1 aliphatic rings. The number of likely N-dealkylation sites (N-methyl/N-ethyl adjacent to an activating group) is 1. The Morgan fingerprint density at radius 2 is 1.86 bits per heavy atom. The first-order valence-electron chi connectivity index (χ1n) is 11.4. The van der Waals surface area contributed by atoms with Gasteiger partial charge in [0.05, 0.1) is 5.69 Å². The summed E-state index contributed by atoms with van der Waals surface area (Å²) in [5, 5.41) is 0.699. The highest BCUT2D eigenvalue weighted by atomic mass is 32.2. The van der Waals surface area contributed by atoms with Gasteiger partial charge < -0.3 is 4.90 Å². The maximum atomic E-state index is 14.1. The Hall–Kier alpha value is -2.99. The molecule has 1 aliphatic heterocycles. The van der Waals surface area contributed by atoms with E-state index >= 15 is 0 Å². The number of sulfonamides is 1. The zero-order chi connectivity index (χ0) is 25.4. The van der Waals surface area contributed by atoms with Crippen molar-refractivity contribution in [1.82, 2.24) is 19.8 Å². The van der Waals surface area contributed by atoms with Crippen LogP contribution < -0.4 is 4.72 Å². The van der Waals surface area contributed by atoms with E-state index in [0.29, 0.717) is 16.6 Å². The van der Waals surface area contributed by atoms with Crippen molar-refractivity contribution in [2.24, 2.45) is 0 Å². The van der Waals surface area contributed by atoms with Crippen molar-refractivity contribution in [1.29, 1.82) is 0 Å². The van der Waals surface area contributed by atoms with E-state index in [1.165, 1.54) is 11.3 Å². The van der Waals surface area contributed by atoms with Crippen LogP contribution in [0, 0.1) is 18.6 Å². The fraction of sp³-hybridized carbons (Fsp3) is 0.280. The third-order valence-electron chi connectivity index (χ3n) is 6.30. The number of thiazole rings is 1. The second-order valence-corrected chi connectivity index (χ2v) is 11.6. The van der Waals surface area contributed by atoms with Crippen molar-refractivity contribution < 1.29 is 17.2 Å². The van der Waals surface area contributed by atoms with Crippen molar-refractivity contribution >= 4 is 37.4 Å². The predicted molar refractivity (Wildman–Crippen MR) is 138 cm³/mol. The van der Waals surface area contributed by atoms with Crippen LogP contribution in [0.15, 0.2) is 53.6 Å². The Balaban J connectivity index is 1.41. The summed E-state index contributed by atoms with van der Waals surface area (Å²) in [6, 6.07) is 9.49. The molecule has 2 aromatic heterocycles. The quantitative estimate of drug-likeness (QED) is 0.397. The Morgan fingerprint density at radius 3 is 2.64 bits per heavy atom. The number of piperazine rings is 1. The molecule has 0 unspecified atom stereocenters. The molecular weight excluding hydrogens is 504 g/mol. The first kappa shape index (κ1) is 24.7. The third-order valence-corrected chi connectivity index (χ3v) is 8.69. The predicted octanol–water partition coefficient (Wildman–Crippen LogP) is 4.49. The van der Waals surface area contributed by atoms with Gasteiger partial charge in [0.2, 0.25) is 0 Å². The van der Waals surface area contributed by atoms with Gasteiger partial charge in [-0.25, -0.2) is 27.2 Å². The molecular formula is C25H25F2N5O2S2. The minimum absolute atomic E-state index is 0.263. The number of rotatable bonds is 6. The third kappa shape index (κ3) is 5.10. The van der Waals surface area contributed by atoms with Gasteiger partial charge in [-0.05, 0) is 55.4 Å². The van der Waals surface area contributed by atoms with Crippen LogP contribution in [0.3, 0.4) is 0 Å². The number of nitrogens with one attached hydrogen (secondary N) is 1. The maximum absolute atomic E-state index is 14.1. The van der Waals surface area contributed by atoms with Crippen LogP contribution in [-0.4, -0.2) is 61.4 Å². The minimum Gasteiger partial charge on any atom is -0.304 e. The highest BCUT2D eigenvalue weighted by Gasteiger charge is 2.22. The minimum atomic E-state index is -4.34. The lowest BCUT2D eigenvalue weighted by Crippen LogP contribution is -2.43. The van der Waals surface area contributed by atoms with Gasteiger partial charge in [-0.1, -0.05) is 23.5 Å². The Bertz CT molecular complexity index is 1530. The van der Waals surface area contributed by atoms with Crippen molar-refractivity contribution in [2.75, 3.05) is 37.9 Å². The monoisotopic (exact) mass is 529 g/mol. The van der Waals surface area contributed by atoms with E-state index in [1.807, 2.05) is 12.3 Å². The lowest BCUT2D eigenvalue weighted by atomic mass is 10.1. The molecule has 1 saturated heterocycles. The first-order valence-corrected chi connectivity index (χ1v) is 13.7. The summed E-state index contributed by atoms with van der Waals surface area (Å²) in [7, 11) is -2.21. The Morgan fingerprint density at radius 1 is 1.08 bits per heavy atom. The number of hydrogen-bond acceptors (Lipinski definition) is 7.